The number of Topliss-reactive ketones (excluding diaryl/α,β-unsaturated/α-hetero) is 1. The largest absolute Gasteiger partial charge is 0.438 e. The van der Waals surface area contributed by atoms with Gasteiger partial charge >= 0.3 is 5.97 Å². The Balaban J connectivity index is 2.81. The van der Waals surface area contributed by atoms with Crippen molar-refractivity contribution in [3.8, 4) is 6.07 Å². The van der Waals surface area contributed by atoms with E-state index in [2.05, 4.69) is 10.7 Å². The van der Waals surface area contributed by atoms with Crippen LogP contribution in [0.15, 0.2) is 0 Å². The molecule has 0 saturated carbocycles. The summed E-state index contributed by atoms with van der Waals surface area (Å²) in [7, 11) is 4.55. The van der Waals surface area contributed by atoms with Crippen molar-refractivity contribution < 1.29 is 32.8 Å². The van der Waals surface area contributed by atoms with Gasteiger partial charge in [-0.3, -0.25) is 4.79 Å². The molecule has 0 aromatic rings. The van der Waals surface area contributed by atoms with Crippen LogP contribution in [0.2, 0.25) is 0 Å². The second-order valence-corrected chi connectivity index (χ2v) is 9.30. The van der Waals surface area contributed by atoms with E-state index in [9.17, 15) is 9.59 Å². The molecule has 0 aromatic carbocycles. The molecule has 0 bridgehead atoms. The third-order valence-corrected chi connectivity index (χ3v) is 6.65. The molecule has 5 atom stereocenters. The maximum atomic E-state index is 11.7. The zero-order valence-electron chi connectivity index (χ0n) is 19.3. The molecular formula is C20H34BN2O7P. The first-order valence-corrected chi connectivity index (χ1v) is 11.6. The van der Waals surface area contributed by atoms with Crippen LogP contribution in [0.25, 0.3) is 0 Å². The summed E-state index contributed by atoms with van der Waals surface area (Å²) in [6, 6.07) is 1.58. The molecule has 174 valence electrons. The van der Waals surface area contributed by atoms with E-state index in [0.717, 1.165) is 0 Å². The minimum atomic E-state index is -1.52. The van der Waals surface area contributed by atoms with Crippen LogP contribution < -0.4 is 0 Å². The van der Waals surface area contributed by atoms with Crippen molar-refractivity contribution in [2.24, 2.45) is 0 Å². The van der Waals surface area contributed by atoms with E-state index in [4.69, 9.17) is 36.4 Å². The molecular weight excluding hydrogens is 422 g/mol. The Bertz CT molecular complexity index is 609. The zero-order chi connectivity index (χ0) is 23.6. The summed E-state index contributed by atoms with van der Waals surface area (Å²) < 4.78 is 30.8. The lowest BCUT2D eigenvalue weighted by molar-refractivity contribution is -0.165. The molecule has 1 aliphatic heterocycles. The molecule has 1 fully saturated rings. The molecule has 0 N–H and O–H groups in total. The number of ketones is 1. The number of carbonyl (C=O) groups excluding carboxylic acids is 2. The predicted molar refractivity (Wildman–Crippen MR) is 116 cm³/mol. The minimum Gasteiger partial charge on any atom is -0.438 e. The fourth-order valence-electron chi connectivity index (χ4n) is 3.12. The van der Waals surface area contributed by atoms with Gasteiger partial charge in [-0.15, -0.1) is 0 Å². The molecule has 0 amide bonds. The first-order valence-electron chi connectivity index (χ1n) is 10.5. The van der Waals surface area contributed by atoms with Crippen LogP contribution in [0.4, 0.5) is 0 Å². The van der Waals surface area contributed by atoms with Crippen molar-refractivity contribution in [1.29, 1.82) is 5.26 Å². The van der Waals surface area contributed by atoms with E-state index in [-0.39, 0.29) is 56.6 Å². The number of carbonyl (C=O) groups is 2. The first-order chi connectivity index (χ1) is 14.6. The second-order valence-electron chi connectivity index (χ2n) is 7.89. The monoisotopic (exact) mass is 456 g/mol. The van der Waals surface area contributed by atoms with Crippen molar-refractivity contribution in [2.45, 2.75) is 97.2 Å². The maximum Gasteiger partial charge on any atom is 0.308 e. The highest BCUT2D eigenvalue weighted by Gasteiger charge is 2.44. The molecule has 0 aromatic heterocycles. The van der Waals surface area contributed by atoms with Crippen molar-refractivity contribution in [2.75, 3.05) is 13.4 Å². The van der Waals surface area contributed by atoms with Gasteiger partial charge in [-0.1, -0.05) is 0 Å². The average Bonchev–Trinajstić information content (AvgIpc) is 2.92. The highest BCUT2D eigenvalue weighted by Crippen LogP contribution is 2.49. The van der Waals surface area contributed by atoms with Gasteiger partial charge in [0.25, 0.3) is 8.53 Å². The zero-order valence-corrected chi connectivity index (χ0v) is 20.2. The van der Waals surface area contributed by atoms with Crippen LogP contribution in [-0.4, -0.2) is 74.1 Å². The summed E-state index contributed by atoms with van der Waals surface area (Å²) in [5.74, 6) is -0.614. The normalized spacial score (nSPS) is 24.5. The molecule has 2 unspecified atom stereocenters. The number of hydrogen-bond acceptors (Lipinski definition) is 9. The number of nitriles is 1. The first kappa shape index (κ1) is 28.0. The van der Waals surface area contributed by atoms with Crippen molar-refractivity contribution in [3.05, 3.63) is 0 Å². The van der Waals surface area contributed by atoms with Crippen LogP contribution in [0, 0.1) is 11.3 Å². The SMILES string of the molecule is [B][C@@H]1O[C@H](C)C(OP(OCCC#N)N(C(C)C)C(C)C)[C@@H]1OCOC(=O)CCC(C)=O. The Labute approximate surface area is 188 Å². The highest BCUT2D eigenvalue weighted by molar-refractivity contribution is 7.44. The summed E-state index contributed by atoms with van der Waals surface area (Å²) in [6.07, 6.45) is -1.24. The van der Waals surface area contributed by atoms with E-state index in [0.29, 0.717) is 0 Å². The van der Waals surface area contributed by atoms with Gasteiger partial charge < -0.3 is 28.1 Å². The van der Waals surface area contributed by atoms with Gasteiger partial charge in [0, 0.05) is 24.5 Å². The fraction of sp³-hybridized carbons (Fsp3) is 0.850. The van der Waals surface area contributed by atoms with Crippen LogP contribution in [0.3, 0.4) is 0 Å². The van der Waals surface area contributed by atoms with E-state index in [1.807, 2.05) is 34.6 Å². The lowest BCUT2D eigenvalue weighted by Gasteiger charge is -2.38. The number of esters is 1. The summed E-state index contributed by atoms with van der Waals surface area (Å²) in [4.78, 5) is 22.7. The number of nitrogens with zero attached hydrogens (tertiary/aromatic N) is 2. The maximum absolute atomic E-state index is 11.7. The molecule has 9 nitrogen and oxygen atoms in total. The third kappa shape index (κ3) is 9.52. The van der Waals surface area contributed by atoms with E-state index >= 15 is 0 Å². The van der Waals surface area contributed by atoms with Crippen LogP contribution in [-0.2, 0) is 32.8 Å². The van der Waals surface area contributed by atoms with Gasteiger partial charge in [0.2, 0.25) is 0 Å². The van der Waals surface area contributed by atoms with E-state index in [1.54, 1.807) is 0 Å². The standard InChI is InChI=1S/C20H34BN2O7P/c1-13(2)23(14(3)4)31(28-11-7-10-22)30-18-16(6)29-20(21)19(18)27-12-26-17(25)9-8-15(5)24/h13-14,16,18-20H,7-9,11-12H2,1-6H3/t16-,18?,19+,20-,31?/m1/s1. The van der Waals surface area contributed by atoms with Crippen molar-refractivity contribution in [3.63, 3.8) is 0 Å². The molecule has 1 saturated heterocycles. The molecule has 31 heavy (non-hydrogen) atoms. The van der Waals surface area contributed by atoms with Gasteiger partial charge in [0.15, 0.2) is 6.79 Å². The Hall–Kier alpha value is -1.08. The van der Waals surface area contributed by atoms with Gasteiger partial charge in [-0.2, -0.15) is 5.26 Å². The van der Waals surface area contributed by atoms with Gasteiger partial charge in [-0.05, 0) is 41.5 Å². The lowest BCUT2D eigenvalue weighted by Crippen LogP contribution is -2.40. The molecule has 1 rings (SSSR count). The predicted octanol–water partition coefficient (Wildman–Crippen LogP) is 2.82. The number of rotatable bonds is 14. The Kier molecular flexibility index (Phi) is 12.8. The summed E-state index contributed by atoms with van der Waals surface area (Å²) in [6.45, 7) is 11.3. The van der Waals surface area contributed by atoms with Gasteiger partial charge in [0.05, 0.1) is 31.6 Å². The second kappa shape index (κ2) is 14.2. The quantitative estimate of drug-likeness (QED) is 0.128. The molecule has 1 heterocycles. The molecule has 0 spiro atoms. The summed E-state index contributed by atoms with van der Waals surface area (Å²) >= 11 is 0. The summed E-state index contributed by atoms with van der Waals surface area (Å²) in [5, 5.41) is 8.86. The van der Waals surface area contributed by atoms with Crippen molar-refractivity contribution >= 4 is 28.1 Å². The fourth-order valence-corrected chi connectivity index (χ4v) is 4.92. The van der Waals surface area contributed by atoms with Gasteiger partial charge in [-0.25, -0.2) is 4.67 Å². The van der Waals surface area contributed by atoms with Gasteiger partial charge in [0.1, 0.15) is 25.8 Å². The minimum absolute atomic E-state index is 0.00197. The van der Waals surface area contributed by atoms with Crippen LogP contribution in [0.5, 0.6) is 0 Å². The van der Waals surface area contributed by atoms with Crippen molar-refractivity contribution in [1.82, 2.24) is 4.67 Å². The Morgan fingerprint density at radius 3 is 2.39 bits per heavy atom. The van der Waals surface area contributed by atoms with Crippen LogP contribution in [0.1, 0.15) is 60.8 Å². The molecule has 1 aliphatic rings. The lowest BCUT2D eigenvalue weighted by atomic mass is 9.93. The number of hydrogen-bond donors (Lipinski definition) is 0. The Morgan fingerprint density at radius 1 is 1.19 bits per heavy atom. The molecule has 0 aliphatic carbocycles. The smallest absolute Gasteiger partial charge is 0.308 e. The highest BCUT2D eigenvalue weighted by atomic mass is 31.2. The topological polar surface area (TPSA) is 107 Å². The molecule has 11 heteroatoms. The average molecular weight is 456 g/mol. The summed E-state index contributed by atoms with van der Waals surface area (Å²) in [5.41, 5.74) is 0. The number of ether oxygens (including phenoxy) is 3. The Morgan fingerprint density at radius 2 is 1.84 bits per heavy atom. The molecule has 2 radical (unpaired) electrons. The third-order valence-electron chi connectivity index (χ3n) is 4.52. The van der Waals surface area contributed by atoms with Crippen LogP contribution >= 0.6 is 8.53 Å². The van der Waals surface area contributed by atoms with E-state index in [1.165, 1.54) is 6.92 Å². The van der Waals surface area contributed by atoms with E-state index < -0.39 is 32.7 Å².